The second-order valence-corrected chi connectivity index (χ2v) is 4.12. The smallest absolute Gasteiger partial charge is 0.257 e. The summed E-state index contributed by atoms with van der Waals surface area (Å²) in [4.78, 5) is 11.4. The van der Waals surface area contributed by atoms with E-state index in [2.05, 4.69) is 5.32 Å². The zero-order valence-corrected chi connectivity index (χ0v) is 10.7. The highest BCUT2D eigenvalue weighted by molar-refractivity contribution is 6.30. The van der Waals surface area contributed by atoms with Gasteiger partial charge in [-0.3, -0.25) is 4.79 Å². The molecule has 1 amide bonds. The van der Waals surface area contributed by atoms with Crippen molar-refractivity contribution in [3.63, 3.8) is 0 Å². The lowest BCUT2D eigenvalue weighted by atomic mass is 10.3. The fourth-order valence-corrected chi connectivity index (χ4v) is 1.43. The molecular formula is C12H16ClFN2O2. The molecule has 0 radical (unpaired) electrons. The van der Waals surface area contributed by atoms with Crippen LogP contribution in [-0.4, -0.2) is 25.6 Å². The molecule has 0 fully saturated rings. The summed E-state index contributed by atoms with van der Waals surface area (Å²) in [5.74, 6) is -0.388. The quantitative estimate of drug-likeness (QED) is 0.744. The van der Waals surface area contributed by atoms with Crippen molar-refractivity contribution in [2.45, 2.75) is 12.8 Å². The fraction of sp³-hybridized carbons (Fsp3) is 0.417. The van der Waals surface area contributed by atoms with Crippen molar-refractivity contribution in [3.05, 3.63) is 29.0 Å². The Morgan fingerprint density at radius 3 is 2.89 bits per heavy atom. The van der Waals surface area contributed by atoms with E-state index in [4.69, 9.17) is 22.1 Å². The molecule has 100 valence electrons. The van der Waals surface area contributed by atoms with Crippen LogP contribution in [0.2, 0.25) is 5.02 Å². The van der Waals surface area contributed by atoms with Crippen LogP contribution in [0.3, 0.4) is 0 Å². The number of halogens is 2. The van der Waals surface area contributed by atoms with Gasteiger partial charge in [-0.25, -0.2) is 4.39 Å². The summed E-state index contributed by atoms with van der Waals surface area (Å²) in [5.41, 5.74) is 5.33. The predicted molar refractivity (Wildman–Crippen MR) is 68.2 cm³/mol. The predicted octanol–water partition coefficient (Wildman–Crippen LogP) is 1.71. The summed E-state index contributed by atoms with van der Waals surface area (Å²) in [5, 5.41) is 2.66. The molecule has 0 atom stereocenters. The molecule has 0 aliphatic carbocycles. The summed E-state index contributed by atoms with van der Waals surface area (Å²) >= 11 is 5.58. The van der Waals surface area contributed by atoms with Gasteiger partial charge in [-0.15, -0.1) is 0 Å². The number of hydrogen-bond donors (Lipinski definition) is 2. The molecule has 6 heteroatoms. The molecule has 0 aliphatic rings. The lowest BCUT2D eigenvalue weighted by Gasteiger charge is -2.07. The number of unbranched alkanes of at least 4 members (excludes halogenated alkanes) is 1. The highest BCUT2D eigenvalue weighted by atomic mass is 35.5. The Bertz CT molecular complexity index is 402. The molecule has 0 heterocycles. The summed E-state index contributed by atoms with van der Waals surface area (Å²) in [6.45, 7) is 1.06. The van der Waals surface area contributed by atoms with E-state index in [-0.39, 0.29) is 17.5 Å². The van der Waals surface area contributed by atoms with Gasteiger partial charge in [0.05, 0.1) is 5.02 Å². The molecule has 3 N–H and O–H groups in total. The molecule has 18 heavy (non-hydrogen) atoms. The van der Waals surface area contributed by atoms with Gasteiger partial charge in [0.25, 0.3) is 5.91 Å². The Morgan fingerprint density at radius 2 is 2.22 bits per heavy atom. The van der Waals surface area contributed by atoms with Crippen molar-refractivity contribution < 1.29 is 13.9 Å². The zero-order valence-electron chi connectivity index (χ0n) is 9.92. The normalized spacial score (nSPS) is 10.2. The van der Waals surface area contributed by atoms with Crippen LogP contribution in [0.25, 0.3) is 0 Å². The number of ether oxygens (including phenoxy) is 1. The van der Waals surface area contributed by atoms with Crippen molar-refractivity contribution in [1.29, 1.82) is 0 Å². The van der Waals surface area contributed by atoms with Crippen LogP contribution in [0.4, 0.5) is 4.39 Å². The minimum atomic E-state index is -0.518. The first kappa shape index (κ1) is 14.7. The number of nitrogens with two attached hydrogens (primary N) is 1. The fourth-order valence-electron chi connectivity index (χ4n) is 1.26. The third kappa shape index (κ3) is 5.33. The van der Waals surface area contributed by atoms with E-state index in [0.29, 0.717) is 18.8 Å². The minimum Gasteiger partial charge on any atom is -0.484 e. The highest BCUT2D eigenvalue weighted by Gasteiger charge is 2.04. The van der Waals surface area contributed by atoms with Gasteiger partial charge in [0, 0.05) is 12.6 Å². The Labute approximate surface area is 110 Å². The Kier molecular flexibility index (Phi) is 6.46. The van der Waals surface area contributed by atoms with E-state index < -0.39 is 5.82 Å². The minimum absolute atomic E-state index is 0.0316. The monoisotopic (exact) mass is 274 g/mol. The van der Waals surface area contributed by atoms with Crippen LogP contribution in [-0.2, 0) is 4.79 Å². The van der Waals surface area contributed by atoms with E-state index in [1.165, 1.54) is 18.2 Å². The number of rotatable bonds is 7. The van der Waals surface area contributed by atoms with Gasteiger partial charge in [-0.2, -0.15) is 0 Å². The Morgan fingerprint density at radius 1 is 1.44 bits per heavy atom. The molecule has 1 aromatic rings. The van der Waals surface area contributed by atoms with Gasteiger partial charge < -0.3 is 15.8 Å². The second kappa shape index (κ2) is 7.89. The van der Waals surface area contributed by atoms with Crippen LogP contribution >= 0.6 is 11.6 Å². The summed E-state index contributed by atoms with van der Waals surface area (Å²) in [7, 11) is 0. The number of amides is 1. The molecule has 4 nitrogen and oxygen atoms in total. The summed E-state index contributed by atoms with van der Waals surface area (Å²) < 4.78 is 18.0. The molecule has 0 bridgehead atoms. The van der Waals surface area contributed by atoms with E-state index in [0.717, 1.165) is 12.8 Å². The highest BCUT2D eigenvalue weighted by Crippen LogP contribution is 2.20. The van der Waals surface area contributed by atoms with E-state index in [9.17, 15) is 9.18 Å². The van der Waals surface area contributed by atoms with Crippen LogP contribution < -0.4 is 15.8 Å². The van der Waals surface area contributed by atoms with Crippen molar-refractivity contribution in [3.8, 4) is 5.75 Å². The third-order valence-electron chi connectivity index (χ3n) is 2.21. The molecule has 0 saturated carbocycles. The van der Waals surface area contributed by atoms with Gasteiger partial charge in [0.15, 0.2) is 6.61 Å². The first-order chi connectivity index (χ1) is 8.63. The second-order valence-electron chi connectivity index (χ2n) is 3.71. The maximum absolute atomic E-state index is 12.9. The average Bonchev–Trinajstić information content (AvgIpc) is 2.36. The molecular weight excluding hydrogens is 259 g/mol. The number of nitrogens with one attached hydrogen (secondary N) is 1. The summed E-state index contributed by atoms with van der Waals surface area (Å²) in [6.07, 6.45) is 1.71. The lowest BCUT2D eigenvalue weighted by Crippen LogP contribution is -2.29. The van der Waals surface area contributed by atoms with Crippen LogP contribution in [0, 0.1) is 5.82 Å². The standard InChI is InChI=1S/C12H16ClFN2O2/c13-10-7-9(3-4-11(10)14)18-8-12(17)16-6-2-1-5-15/h3-4,7H,1-2,5-6,8,15H2,(H,16,17). The largest absolute Gasteiger partial charge is 0.484 e. The van der Waals surface area contributed by atoms with Gasteiger partial charge >= 0.3 is 0 Å². The van der Waals surface area contributed by atoms with Crippen molar-refractivity contribution >= 4 is 17.5 Å². The van der Waals surface area contributed by atoms with Crippen LogP contribution in [0.1, 0.15) is 12.8 Å². The topological polar surface area (TPSA) is 64.3 Å². The third-order valence-corrected chi connectivity index (χ3v) is 2.50. The van der Waals surface area contributed by atoms with E-state index in [1.807, 2.05) is 0 Å². The van der Waals surface area contributed by atoms with Crippen molar-refractivity contribution in [2.24, 2.45) is 5.73 Å². The average molecular weight is 275 g/mol. The van der Waals surface area contributed by atoms with Gasteiger partial charge in [-0.05, 0) is 31.5 Å². The number of carbonyl (C=O) groups excluding carboxylic acids is 1. The SMILES string of the molecule is NCCCCNC(=O)COc1ccc(F)c(Cl)c1. The number of hydrogen-bond acceptors (Lipinski definition) is 3. The van der Waals surface area contributed by atoms with Crippen LogP contribution in [0.5, 0.6) is 5.75 Å². The zero-order chi connectivity index (χ0) is 13.4. The Hall–Kier alpha value is -1.33. The number of carbonyl (C=O) groups is 1. The van der Waals surface area contributed by atoms with Crippen molar-refractivity contribution in [1.82, 2.24) is 5.32 Å². The van der Waals surface area contributed by atoms with E-state index >= 15 is 0 Å². The maximum Gasteiger partial charge on any atom is 0.257 e. The molecule has 0 aliphatic heterocycles. The number of benzene rings is 1. The van der Waals surface area contributed by atoms with Gasteiger partial charge in [0.2, 0.25) is 0 Å². The first-order valence-electron chi connectivity index (χ1n) is 5.68. The molecule has 0 unspecified atom stereocenters. The first-order valence-corrected chi connectivity index (χ1v) is 6.06. The van der Waals surface area contributed by atoms with E-state index in [1.54, 1.807) is 0 Å². The summed E-state index contributed by atoms with van der Waals surface area (Å²) in [6, 6.07) is 3.94. The molecule has 0 saturated heterocycles. The Balaban J connectivity index is 2.27. The lowest BCUT2D eigenvalue weighted by molar-refractivity contribution is -0.123. The van der Waals surface area contributed by atoms with Gasteiger partial charge in [0.1, 0.15) is 11.6 Å². The molecule has 0 aromatic heterocycles. The van der Waals surface area contributed by atoms with Gasteiger partial charge in [-0.1, -0.05) is 11.6 Å². The molecule has 0 spiro atoms. The molecule has 1 aromatic carbocycles. The van der Waals surface area contributed by atoms with Crippen molar-refractivity contribution in [2.75, 3.05) is 19.7 Å². The van der Waals surface area contributed by atoms with Crippen LogP contribution in [0.15, 0.2) is 18.2 Å². The maximum atomic E-state index is 12.9. The molecule has 1 rings (SSSR count).